The highest BCUT2D eigenvalue weighted by molar-refractivity contribution is 7.61. The summed E-state index contributed by atoms with van der Waals surface area (Å²) >= 11 is 0. The predicted molar refractivity (Wildman–Crippen MR) is 270 cm³/mol. The summed E-state index contributed by atoms with van der Waals surface area (Å²) in [5.74, 6) is -4.69. The quantitative estimate of drug-likeness (QED) is 0.0260. The third kappa shape index (κ3) is 25.5. The number of nitrogens with zero attached hydrogens (tertiary/aromatic N) is 2. The van der Waals surface area contributed by atoms with Crippen LogP contribution in [0.15, 0.2) is 65.7 Å². The number of allylic oxidation sites excluding steroid dienone is 5. The van der Waals surface area contributed by atoms with Crippen LogP contribution in [0.4, 0.5) is 5.82 Å². The van der Waals surface area contributed by atoms with Crippen molar-refractivity contribution in [3.05, 3.63) is 71.4 Å². The number of phosphoric acid groups is 2. The van der Waals surface area contributed by atoms with Crippen molar-refractivity contribution in [3.8, 4) is 0 Å². The summed E-state index contributed by atoms with van der Waals surface area (Å²) in [6, 6.07) is 1.28. The third-order valence-electron chi connectivity index (χ3n) is 12.1. The predicted octanol–water partition coefficient (Wildman–Crippen LogP) is 8.17. The van der Waals surface area contributed by atoms with Crippen LogP contribution in [0.2, 0.25) is 0 Å². The number of ketones is 1. The fourth-order valence-corrected chi connectivity index (χ4v) is 10.1. The van der Waals surface area contributed by atoms with Gasteiger partial charge in [-0.15, -0.1) is 0 Å². The van der Waals surface area contributed by atoms with Crippen LogP contribution < -0.4 is 11.4 Å². The van der Waals surface area contributed by atoms with Crippen LogP contribution in [0.5, 0.6) is 0 Å². The number of rotatable bonds is 23. The summed E-state index contributed by atoms with van der Waals surface area (Å²) in [6.45, 7) is 1.54. The van der Waals surface area contributed by atoms with Crippen LogP contribution in [0, 0.1) is 11.8 Å². The topological polar surface area (TPSA) is 303 Å². The molecule has 22 heteroatoms. The number of carbonyl (C=O) groups excluding carboxylic acids is 3. The Kier molecular flexibility index (Phi) is 30.2. The fraction of sp³-hybridized carbons (Fsp3) is 0.700. The zero-order valence-electron chi connectivity index (χ0n) is 42.1. The van der Waals surface area contributed by atoms with Crippen LogP contribution in [0.1, 0.15) is 161 Å². The molecule has 3 rings (SSSR count). The molecule has 0 saturated carbocycles. The normalized spacial score (nSPS) is 29.1. The molecule has 2 aliphatic heterocycles. The second kappa shape index (κ2) is 34.8. The van der Waals surface area contributed by atoms with E-state index in [0.29, 0.717) is 32.1 Å². The van der Waals surface area contributed by atoms with E-state index >= 15 is 0 Å². The van der Waals surface area contributed by atoms with Gasteiger partial charge in [0.1, 0.15) is 30.9 Å². The van der Waals surface area contributed by atoms with E-state index in [2.05, 4.69) is 28.4 Å². The van der Waals surface area contributed by atoms with Crippen LogP contribution in [-0.2, 0) is 51.1 Å². The Morgan fingerprint density at radius 2 is 1.51 bits per heavy atom. The molecule has 3 heterocycles. The minimum absolute atomic E-state index is 0.00373. The van der Waals surface area contributed by atoms with Gasteiger partial charge in [-0.05, 0) is 69.9 Å². The van der Waals surface area contributed by atoms with Gasteiger partial charge >= 0.3 is 33.3 Å². The molecule has 2 aliphatic rings. The SMILES string of the molecule is CCCCCC/C=C\CCCCCCCCCC(=O)O[C@@H]1COC(=O)CCC/C=C\C[C@H]2/C=C\C(=O)[C@H](/C=C/[C@@H](O)CCCCC)[C@H](O)[C@H](O)[C@@H](COP(=O)(O)OP(=O)(O)OC1)O[C@H]2n1ccc(N)nc1=O. The number of cyclic esters (lactones) is 1. The highest BCUT2D eigenvalue weighted by atomic mass is 31.3. The van der Waals surface area contributed by atoms with Crippen molar-refractivity contribution in [1.82, 2.24) is 9.55 Å². The molecule has 72 heavy (non-hydrogen) atoms. The van der Waals surface area contributed by atoms with Gasteiger partial charge in [0.05, 0.1) is 31.3 Å². The Morgan fingerprint density at radius 1 is 0.875 bits per heavy atom. The lowest BCUT2D eigenvalue weighted by Crippen LogP contribution is -2.49. The number of fused-ring (bicyclic) bond motifs is 3. The second-order valence-corrected chi connectivity index (χ2v) is 21.4. The first kappa shape index (κ1) is 62.6. The Morgan fingerprint density at radius 3 is 2.19 bits per heavy atom. The maximum absolute atomic E-state index is 13.8. The van der Waals surface area contributed by atoms with Gasteiger partial charge in [0.2, 0.25) is 0 Å². The first-order chi connectivity index (χ1) is 34.4. The third-order valence-corrected chi connectivity index (χ3v) is 14.7. The van der Waals surface area contributed by atoms with Gasteiger partial charge in [-0.1, -0.05) is 127 Å². The lowest BCUT2D eigenvalue weighted by atomic mass is 9.88. The van der Waals surface area contributed by atoms with Crippen molar-refractivity contribution in [3.63, 3.8) is 0 Å². The molecule has 0 amide bonds. The number of esters is 2. The molecule has 0 radical (unpaired) electrons. The van der Waals surface area contributed by atoms with E-state index in [1.54, 1.807) is 12.2 Å². The van der Waals surface area contributed by atoms with E-state index in [4.69, 9.17) is 29.0 Å². The molecule has 7 N–H and O–H groups in total. The smallest absolute Gasteiger partial charge is 0.462 e. The van der Waals surface area contributed by atoms with E-state index in [-0.39, 0.29) is 25.1 Å². The standard InChI is InChI=1S/C50H81N3O17P2/c1-3-5-7-8-9-10-11-12-13-14-15-16-17-18-24-28-46(57)68-40-35-65-45(56)27-23-20-19-22-25-38-29-32-42(55)41(31-30-39(54)26-21-6-4-2)47(58)48(59)43(37-67-72(63,64)70-71(61,62)66-36-40)69-49(38)53-34-33-44(51)52-50(53)60/h10-11,19,22,29-34,38-41,43,47-49,54,58-59H,3-9,12-18,20-21,23-28,35-37H2,1-2H3,(H,61,62)(H,63,64)(H2,51,52,60)/b11-10-,22-19-,31-30+,32-29-/t38-,39-,40+,41-,43+,47-,48+,49+/m0/s1. The maximum Gasteiger partial charge on any atom is 0.481 e. The number of aliphatic hydroxyl groups is 3. The van der Waals surface area contributed by atoms with E-state index in [1.165, 1.54) is 56.2 Å². The first-order valence-corrected chi connectivity index (χ1v) is 28.7. The summed E-state index contributed by atoms with van der Waals surface area (Å²) < 4.78 is 59.1. The number of nitrogen functional groups attached to an aromatic ring is 1. The van der Waals surface area contributed by atoms with Crippen LogP contribution in [0.25, 0.3) is 0 Å². The molecule has 0 saturated heterocycles. The molecule has 2 bridgehead atoms. The molecule has 0 aliphatic carbocycles. The zero-order chi connectivity index (χ0) is 52.8. The van der Waals surface area contributed by atoms with Crippen molar-refractivity contribution in [2.24, 2.45) is 11.8 Å². The van der Waals surface area contributed by atoms with Crippen molar-refractivity contribution < 1.29 is 76.2 Å². The number of anilines is 1. The number of carbonyl (C=O) groups is 3. The Hall–Kier alpha value is -3.65. The Labute approximate surface area is 424 Å². The molecule has 1 aromatic heterocycles. The lowest BCUT2D eigenvalue weighted by Gasteiger charge is -2.36. The van der Waals surface area contributed by atoms with Gasteiger partial charge in [0.15, 0.2) is 11.9 Å². The van der Waals surface area contributed by atoms with Gasteiger partial charge in [0, 0.05) is 25.0 Å². The summed E-state index contributed by atoms with van der Waals surface area (Å²) in [4.78, 5) is 77.9. The van der Waals surface area contributed by atoms with Crippen molar-refractivity contribution in [2.45, 2.75) is 192 Å². The number of aliphatic hydroxyl groups excluding tert-OH is 3. The molecular formula is C50H81N3O17P2. The Balaban J connectivity index is 1.79. The largest absolute Gasteiger partial charge is 0.481 e. The van der Waals surface area contributed by atoms with E-state index in [0.717, 1.165) is 74.9 Å². The van der Waals surface area contributed by atoms with Crippen molar-refractivity contribution >= 4 is 39.2 Å². The summed E-state index contributed by atoms with van der Waals surface area (Å²) in [5.41, 5.74) is 4.83. The second-order valence-electron chi connectivity index (χ2n) is 18.3. The van der Waals surface area contributed by atoms with E-state index < -0.39 is 107 Å². The molecule has 2 unspecified atom stereocenters. The van der Waals surface area contributed by atoms with Crippen LogP contribution in [0.3, 0.4) is 0 Å². The molecule has 0 fully saturated rings. The van der Waals surface area contributed by atoms with Gasteiger partial charge in [-0.2, -0.15) is 9.29 Å². The number of aromatic nitrogens is 2. The van der Waals surface area contributed by atoms with Crippen LogP contribution in [-0.4, -0.2) is 103 Å². The molecule has 10 atom stereocenters. The van der Waals surface area contributed by atoms with Gasteiger partial charge < -0.3 is 45.1 Å². The van der Waals surface area contributed by atoms with Crippen molar-refractivity contribution in [1.29, 1.82) is 0 Å². The number of hydrogen-bond donors (Lipinski definition) is 6. The number of unbranched alkanes of at least 4 members (excludes halogenated alkanes) is 13. The average Bonchev–Trinajstić information content (AvgIpc) is 3.32. The molecular weight excluding hydrogens is 977 g/mol. The Bertz CT molecular complexity index is 2050. The molecule has 20 nitrogen and oxygen atoms in total. The summed E-state index contributed by atoms with van der Waals surface area (Å²) in [6.07, 6.45) is 21.5. The van der Waals surface area contributed by atoms with E-state index in [9.17, 15) is 53.4 Å². The summed E-state index contributed by atoms with van der Waals surface area (Å²) in [5, 5.41) is 33.8. The zero-order valence-corrected chi connectivity index (χ0v) is 43.9. The number of ether oxygens (including phenoxy) is 3. The van der Waals surface area contributed by atoms with Gasteiger partial charge in [-0.25, -0.2) is 13.9 Å². The lowest BCUT2D eigenvalue weighted by molar-refractivity contribution is -0.167. The average molecular weight is 1060 g/mol. The maximum atomic E-state index is 13.8. The highest BCUT2D eigenvalue weighted by Gasteiger charge is 2.42. The summed E-state index contributed by atoms with van der Waals surface area (Å²) in [7, 11) is -11.2. The monoisotopic (exact) mass is 1060 g/mol. The van der Waals surface area contributed by atoms with Gasteiger partial charge in [-0.3, -0.25) is 28.0 Å². The molecule has 1 aromatic rings. The molecule has 408 valence electrons. The van der Waals surface area contributed by atoms with Crippen molar-refractivity contribution in [2.75, 3.05) is 25.6 Å². The minimum Gasteiger partial charge on any atom is -0.462 e. The first-order valence-electron chi connectivity index (χ1n) is 25.7. The number of phosphoric ester groups is 2. The van der Waals surface area contributed by atoms with Crippen LogP contribution >= 0.6 is 15.6 Å². The number of nitrogens with two attached hydrogens (primary N) is 1. The fourth-order valence-electron chi connectivity index (χ4n) is 7.98. The van der Waals surface area contributed by atoms with Gasteiger partial charge in [0.25, 0.3) is 0 Å². The molecule has 0 spiro atoms. The highest BCUT2D eigenvalue weighted by Crippen LogP contribution is 2.60. The minimum atomic E-state index is -5.68. The molecule has 0 aromatic carbocycles. The number of hydrogen-bond acceptors (Lipinski definition) is 17. The van der Waals surface area contributed by atoms with E-state index in [1.807, 2.05) is 6.92 Å².